The van der Waals surface area contributed by atoms with Crippen molar-refractivity contribution < 1.29 is 9.90 Å². The summed E-state index contributed by atoms with van der Waals surface area (Å²) in [5.41, 5.74) is 5.91. The highest BCUT2D eigenvalue weighted by atomic mass is 16.4. The summed E-state index contributed by atoms with van der Waals surface area (Å²) in [6.45, 7) is 0.412. The molecule has 0 fully saturated rings. The number of carboxylic acid groups (broad SMARTS) is 1. The molecule has 0 saturated carbocycles. The molecule has 0 radical (unpaired) electrons. The van der Waals surface area contributed by atoms with Crippen molar-refractivity contribution in [1.82, 2.24) is 5.01 Å². The van der Waals surface area contributed by atoms with Crippen molar-refractivity contribution >= 4 is 5.97 Å². The van der Waals surface area contributed by atoms with Crippen LogP contribution in [-0.4, -0.2) is 16.1 Å². The van der Waals surface area contributed by atoms with Gasteiger partial charge in [-0.3, -0.25) is 0 Å². The number of nitrogens with zero attached hydrogens (tertiary/aromatic N) is 1. The minimum absolute atomic E-state index is 0.284. The molecular weight excluding hydrogens is 194 g/mol. The van der Waals surface area contributed by atoms with Gasteiger partial charge < -0.3 is 15.8 Å². The minimum Gasteiger partial charge on any atom is -0.477 e. The van der Waals surface area contributed by atoms with Crippen LogP contribution in [0.5, 0.6) is 0 Å². The molecule has 5 heteroatoms. The summed E-state index contributed by atoms with van der Waals surface area (Å²) in [6.07, 6.45) is 1.19. The van der Waals surface area contributed by atoms with Crippen LogP contribution in [0.3, 0.4) is 0 Å². The maximum absolute atomic E-state index is 10.4. The van der Waals surface area contributed by atoms with Gasteiger partial charge in [0.05, 0.1) is 6.54 Å². The molecule has 1 aromatic rings. The maximum Gasteiger partial charge on any atom is 0.353 e. The Morgan fingerprint density at radius 2 is 2.00 bits per heavy atom. The zero-order valence-corrected chi connectivity index (χ0v) is 8.13. The number of rotatable bonds is 4. The smallest absolute Gasteiger partial charge is 0.353 e. The van der Waals surface area contributed by atoms with E-state index in [2.05, 4.69) is 0 Å². The first-order valence-corrected chi connectivity index (χ1v) is 4.35. The third kappa shape index (κ3) is 3.70. The van der Waals surface area contributed by atoms with Gasteiger partial charge in [-0.25, -0.2) is 10.6 Å². The lowest BCUT2D eigenvalue weighted by molar-refractivity contribution is -0.132. The Kier molecular flexibility index (Phi) is 3.70. The first kappa shape index (κ1) is 11.1. The van der Waals surface area contributed by atoms with Crippen molar-refractivity contribution in [1.29, 1.82) is 0 Å². The fourth-order valence-electron chi connectivity index (χ4n) is 1.07. The van der Waals surface area contributed by atoms with Gasteiger partial charge in [0.25, 0.3) is 0 Å². The van der Waals surface area contributed by atoms with Gasteiger partial charge >= 0.3 is 5.97 Å². The number of benzene rings is 1. The van der Waals surface area contributed by atoms with Crippen LogP contribution in [0, 0.1) is 0 Å². The van der Waals surface area contributed by atoms with Crippen LogP contribution in [0.15, 0.2) is 42.2 Å². The number of hydrogen-bond donors (Lipinski definition) is 3. The molecule has 0 aliphatic rings. The van der Waals surface area contributed by atoms with E-state index in [1.165, 1.54) is 11.2 Å². The summed E-state index contributed by atoms with van der Waals surface area (Å²) >= 11 is 0. The second-order valence-corrected chi connectivity index (χ2v) is 3.05. The van der Waals surface area contributed by atoms with Gasteiger partial charge in [0.15, 0.2) is 0 Å². The van der Waals surface area contributed by atoms with Crippen molar-refractivity contribution in [2.75, 3.05) is 0 Å². The van der Waals surface area contributed by atoms with Gasteiger partial charge in [0.1, 0.15) is 5.70 Å². The minimum atomic E-state index is -1.18. The normalized spacial score (nSPS) is 11.1. The lowest BCUT2D eigenvalue weighted by Crippen LogP contribution is -2.27. The second-order valence-electron chi connectivity index (χ2n) is 3.05. The van der Waals surface area contributed by atoms with Crippen molar-refractivity contribution in [3.05, 3.63) is 47.8 Å². The number of nitrogens with two attached hydrogens (primary N) is 2. The Labute approximate surface area is 87.6 Å². The van der Waals surface area contributed by atoms with Crippen molar-refractivity contribution in [3.8, 4) is 0 Å². The fraction of sp³-hybridized carbons (Fsp3) is 0.100. The molecule has 5 N–H and O–H groups in total. The van der Waals surface area contributed by atoms with Crippen molar-refractivity contribution in [2.45, 2.75) is 6.54 Å². The number of hydrogen-bond acceptors (Lipinski definition) is 4. The van der Waals surface area contributed by atoms with Crippen molar-refractivity contribution in [2.24, 2.45) is 11.6 Å². The summed E-state index contributed by atoms with van der Waals surface area (Å²) in [7, 11) is 0. The molecule has 0 bridgehead atoms. The first-order valence-electron chi connectivity index (χ1n) is 4.35. The topological polar surface area (TPSA) is 92.6 Å². The van der Waals surface area contributed by atoms with Gasteiger partial charge in [-0.05, 0) is 5.56 Å². The quantitative estimate of drug-likeness (QED) is 0.374. The molecule has 0 amide bonds. The van der Waals surface area contributed by atoms with E-state index in [9.17, 15) is 4.79 Å². The lowest BCUT2D eigenvalue weighted by atomic mass is 10.2. The average molecular weight is 207 g/mol. The van der Waals surface area contributed by atoms with Crippen LogP contribution in [0.2, 0.25) is 0 Å². The maximum atomic E-state index is 10.4. The molecule has 80 valence electrons. The highest BCUT2D eigenvalue weighted by Crippen LogP contribution is 2.01. The molecule has 0 atom stereocenters. The Hall–Kier alpha value is -2.01. The molecule has 0 aromatic heterocycles. The monoisotopic (exact) mass is 207 g/mol. The summed E-state index contributed by atoms with van der Waals surface area (Å²) < 4.78 is 0. The number of aliphatic carboxylic acids is 1. The van der Waals surface area contributed by atoms with Crippen molar-refractivity contribution in [3.63, 3.8) is 0 Å². The molecule has 5 nitrogen and oxygen atoms in total. The molecule has 0 saturated heterocycles. The molecule has 0 aliphatic carbocycles. The second kappa shape index (κ2) is 5.02. The van der Waals surface area contributed by atoms with Gasteiger partial charge in [-0.2, -0.15) is 0 Å². The van der Waals surface area contributed by atoms with Crippen LogP contribution in [0.25, 0.3) is 0 Å². The molecular formula is C10H13N3O2. The molecule has 0 aliphatic heterocycles. The van der Waals surface area contributed by atoms with E-state index in [-0.39, 0.29) is 5.70 Å². The van der Waals surface area contributed by atoms with E-state index in [1.807, 2.05) is 30.3 Å². The van der Waals surface area contributed by atoms with E-state index < -0.39 is 5.97 Å². The number of carboxylic acids is 1. The summed E-state index contributed by atoms with van der Waals surface area (Å²) in [6, 6.07) is 9.45. The third-order valence-corrected chi connectivity index (χ3v) is 1.76. The van der Waals surface area contributed by atoms with E-state index in [0.29, 0.717) is 6.54 Å². The van der Waals surface area contributed by atoms with Gasteiger partial charge in [-0.15, -0.1) is 0 Å². The molecule has 15 heavy (non-hydrogen) atoms. The summed E-state index contributed by atoms with van der Waals surface area (Å²) in [5.74, 6) is 4.38. The van der Waals surface area contributed by atoms with Crippen LogP contribution in [-0.2, 0) is 11.3 Å². The SMILES string of the molecule is N/C(=C\N(N)Cc1ccccc1)C(=O)O. The van der Waals surface area contributed by atoms with E-state index in [0.717, 1.165) is 5.56 Å². The van der Waals surface area contributed by atoms with E-state index in [4.69, 9.17) is 16.7 Å². The highest BCUT2D eigenvalue weighted by Gasteiger charge is 2.03. The largest absolute Gasteiger partial charge is 0.477 e. The van der Waals surface area contributed by atoms with Gasteiger partial charge in [-0.1, -0.05) is 30.3 Å². The number of carbonyl (C=O) groups is 1. The Morgan fingerprint density at radius 3 is 2.53 bits per heavy atom. The van der Waals surface area contributed by atoms with Gasteiger partial charge in [0, 0.05) is 6.20 Å². The molecule has 0 unspecified atom stereocenters. The first-order chi connectivity index (χ1) is 7.09. The zero-order chi connectivity index (χ0) is 11.3. The molecule has 1 rings (SSSR count). The predicted octanol–water partition coefficient (Wildman–Crippen LogP) is 0.247. The average Bonchev–Trinajstić information content (AvgIpc) is 2.18. The lowest BCUT2D eigenvalue weighted by Gasteiger charge is -2.13. The van der Waals surface area contributed by atoms with Gasteiger partial charge in [0.2, 0.25) is 0 Å². The standard InChI is InChI=1S/C10H13N3O2/c11-9(10(14)15)7-13(12)6-8-4-2-1-3-5-8/h1-5,7H,6,11-12H2,(H,14,15)/b9-7-. The molecule has 0 spiro atoms. The Bertz CT molecular complexity index is 362. The Morgan fingerprint density at radius 1 is 1.40 bits per heavy atom. The summed E-state index contributed by atoms with van der Waals surface area (Å²) in [5, 5.41) is 9.76. The number of hydrazine groups is 1. The zero-order valence-electron chi connectivity index (χ0n) is 8.13. The van der Waals surface area contributed by atoms with E-state index in [1.54, 1.807) is 0 Å². The molecule has 1 aromatic carbocycles. The third-order valence-electron chi connectivity index (χ3n) is 1.76. The summed E-state index contributed by atoms with van der Waals surface area (Å²) in [4.78, 5) is 10.4. The highest BCUT2D eigenvalue weighted by molar-refractivity contribution is 5.85. The van der Waals surface area contributed by atoms with Crippen LogP contribution < -0.4 is 11.6 Å². The van der Waals surface area contributed by atoms with Crippen LogP contribution in [0.1, 0.15) is 5.56 Å². The Balaban J connectivity index is 2.61. The molecule has 0 heterocycles. The van der Waals surface area contributed by atoms with Crippen LogP contribution >= 0.6 is 0 Å². The van der Waals surface area contributed by atoms with E-state index >= 15 is 0 Å². The fourth-order valence-corrected chi connectivity index (χ4v) is 1.07. The predicted molar refractivity (Wildman–Crippen MR) is 56.1 cm³/mol. The van der Waals surface area contributed by atoms with Crippen LogP contribution in [0.4, 0.5) is 0 Å².